The van der Waals surface area contributed by atoms with Crippen molar-refractivity contribution in [1.82, 2.24) is 9.62 Å². The van der Waals surface area contributed by atoms with Crippen LogP contribution in [-0.2, 0) is 10.0 Å². The van der Waals surface area contributed by atoms with E-state index in [-0.39, 0.29) is 10.8 Å². The topological polar surface area (TPSA) is 66.5 Å². The molecule has 6 heteroatoms. The summed E-state index contributed by atoms with van der Waals surface area (Å²) in [7, 11) is -3.63. The van der Waals surface area contributed by atoms with E-state index in [2.05, 4.69) is 4.72 Å². The molecule has 0 aliphatic rings. The molecule has 0 radical (unpaired) electrons. The van der Waals surface area contributed by atoms with Gasteiger partial charge in [-0.25, -0.2) is 13.1 Å². The summed E-state index contributed by atoms with van der Waals surface area (Å²) >= 11 is 0. The van der Waals surface area contributed by atoms with Crippen molar-refractivity contribution < 1.29 is 13.2 Å². The van der Waals surface area contributed by atoms with Gasteiger partial charge in [0, 0.05) is 24.2 Å². The van der Waals surface area contributed by atoms with E-state index in [1.807, 2.05) is 13.8 Å². The fraction of sp³-hybridized carbons (Fsp3) is 0.533. The number of sulfonamides is 1. The van der Waals surface area contributed by atoms with Gasteiger partial charge in [0.15, 0.2) is 0 Å². The first-order valence-corrected chi connectivity index (χ1v) is 8.52. The molecule has 0 unspecified atom stereocenters. The van der Waals surface area contributed by atoms with E-state index in [0.29, 0.717) is 18.7 Å². The summed E-state index contributed by atoms with van der Waals surface area (Å²) in [5.74, 6) is -0.159. The quantitative estimate of drug-likeness (QED) is 0.907. The zero-order valence-electron chi connectivity index (χ0n) is 13.3. The van der Waals surface area contributed by atoms with E-state index in [9.17, 15) is 13.2 Å². The van der Waals surface area contributed by atoms with Crippen LogP contribution in [0, 0.1) is 0 Å². The van der Waals surface area contributed by atoms with Gasteiger partial charge in [-0.3, -0.25) is 4.79 Å². The maximum atomic E-state index is 12.3. The number of hydrogen-bond acceptors (Lipinski definition) is 3. The highest BCUT2D eigenvalue weighted by Gasteiger charge is 2.23. The first-order valence-electron chi connectivity index (χ1n) is 7.04. The Morgan fingerprint density at radius 1 is 1.19 bits per heavy atom. The molecule has 0 saturated carbocycles. The molecule has 0 fully saturated rings. The molecule has 0 atom stereocenters. The molecular weight excluding hydrogens is 288 g/mol. The largest absolute Gasteiger partial charge is 0.339 e. The van der Waals surface area contributed by atoms with Crippen LogP contribution in [0.5, 0.6) is 0 Å². The summed E-state index contributed by atoms with van der Waals surface area (Å²) in [6.45, 7) is 10.3. The number of hydrogen-bond donors (Lipinski definition) is 1. The summed E-state index contributed by atoms with van der Waals surface area (Å²) in [6.07, 6.45) is 0. The molecule has 0 aromatic heterocycles. The van der Waals surface area contributed by atoms with Crippen molar-refractivity contribution in [1.29, 1.82) is 0 Å². The molecule has 1 amide bonds. The van der Waals surface area contributed by atoms with Gasteiger partial charge in [0.2, 0.25) is 10.0 Å². The van der Waals surface area contributed by atoms with Crippen molar-refractivity contribution in [3.05, 3.63) is 29.8 Å². The van der Waals surface area contributed by atoms with Crippen molar-refractivity contribution in [3.8, 4) is 0 Å². The Bertz CT molecular complexity index is 600. The fourth-order valence-corrected chi connectivity index (χ4v) is 3.42. The van der Waals surface area contributed by atoms with Crippen LogP contribution in [0.25, 0.3) is 0 Å². The molecule has 118 valence electrons. The van der Waals surface area contributed by atoms with Gasteiger partial charge < -0.3 is 4.90 Å². The van der Waals surface area contributed by atoms with Gasteiger partial charge in [-0.1, -0.05) is 6.07 Å². The third-order valence-corrected chi connectivity index (χ3v) is 4.64. The molecule has 1 aromatic rings. The molecular formula is C15H24N2O3S. The minimum absolute atomic E-state index is 0.107. The molecule has 0 aliphatic heterocycles. The van der Waals surface area contributed by atoms with Crippen LogP contribution in [0.4, 0.5) is 0 Å². The zero-order chi connectivity index (χ0) is 16.3. The summed E-state index contributed by atoms with van der Waals surface area (Å²) in [6, 6.07) is 6.15. The standard InChI is InChI=1S/C15H24N2O3S/c1-6-17(7-2)14(18)12-9-8-10-13(11-12)21(19,20)16-15(3,4)5/h8-11,16H,6-7H2,1-5H3. The van der Waals surface area contributed by atoms with Crippen LogP contribution in [0.1, 0.15) is 45.0 Å². The Labute approximate surface area is 127 Å². The number of carbonyl (C=O) groups excluding carboxylic acids is 1. The number of carbonyl (C=O) groups is 1. The van der Waals surface area contributed by atoms with E-state index >= 15 is 0 Å². The van der Waals surface area contributed by atoms with E-state index in [1.54, 1.807) is 37.8 Å². The lowest BCUT2D eigenvalue weighted by atomic mass is 10.1. The zero-order valence-corrected chi connectivity index (χ0v) is 14.1. The molecule has 0 bridgehead atoms. The molecule has 5 nitrogen and oxygen atoms in total. The number of nitrogens with zero attached hydrogens (tertiary/aromatic N) is 1. The SMILES string of the molecule is CCN(CC)C(=O)c1cccc(S(=O)(=O)NC(C)(C)C)c1. The number of benzene rings is 1. The molecule has 1 N–H and O–H groups in total. The Balaban J connectivity index is 3.14. The molecule has 0 saturated heterocycles. The fourth-order valence-electron chi connectivity index (χ4n) is 1.95. The Morgan fingerprint density at radius 2 is 1.76 bits per heavy atom. The summed E-state index contributed by atoms with van der Waals surface area (Å²) in [5, 5.41) is 0. The Kier molecular flexibility index (Phi) is 5.53. The highest BCUT2D eigenvalue weighted by atomic mass is 32.2. The van der Waals surface area contributed by atoms with Crippen LogP contribution in [0.3, 0.4) is 0 Å². The lowest BCUT2D eigenvalue weighted by molar-refractivity contribution is 0.0772. The second kappa shape index (κ2) is 6.58. The molecule has 0 aliphatic carbocycles. The van der Waals surface area contributed by atoms with E-state index in [1.165, 1.54) is 12.1 Å². The van der Waals surface area contributed by atoms with Crippen LogP contribution in [-0.4, -0.2) is 37.9 Å². The molecule has 21 heavy (non-hydrogen) atoms. The third-order valence-electron chi connectivity index (χ3n) is 2.88. The first kappa shape index (κ1) is 17.7. The molecule has 1 aromatic carbocycles. The Hall–Kier alpha value is -1.40. The first-order chi connectivity index (χ1) is 9.60. The minimum atomic E-state index is -3.63. The highest BCUT2D eigenvalue weighted by Crippen LogP contribution is 2.15. The van der Waals surface area contributed by atoms with E-state index in [0.717, 1.165) is 0 Å². The average molecular weight is 312 g/mol. The van der Waals surface area contributed by atoms with Crippen LogP contribution < -0.4 is 4.72 Å². The van der Waals surface area contributed by atoms with Gasteiger partial charge in [0.05, 0.1) is 4.90 Å². The van der Waals surface area contributed by atoms with Crippen LogP contribution in [0.15, 0.2) is 29.2 Å². The van der Waals surface area contributed by atoms with Gasteiger partial charge in [-0.05, 0) is 52.8 Å². The van der Waals surface area contributed by atoms with Crippen molar-refractivity contribution >= 4 is 15.9 Å². The average Bonchev–Trinajstić information content (AvgIpc) is 2.37. The predicted molar refractivity (Wildman–Crippen MR) is 83.8 cm³/mol. The highest BCUT2D eigenvalue weighted by molar-refractivity contribution is 7.89. The smallest absolute Gasteiger partial charge is 0.253 e. The van der Waals surface area contributed by atoms with Crippen molar-refractivity contribution in [2.75, 3.05) is 13.1 Å². The molecule has 0 spiro atoms. The van der Waals surface area contributed by atoms with Gasteiger partial charge in [0.1, 0.15) is 0 Å². The van der Waals surface area contributed by atoms with Crippen LogP contribution >= 0.6 is 0 Å². The van der Waals surface area contributed by atoms with Gasteiger partial charge in [-0.2, -0.15) is 0 Å². The lowest BCUT2D eigenvalue weighted by Gasteiger charge is -2.21. The summed E-state index contributed by atoms with van der Waals surface area (Å²) in [4.78, 5) is 14.0. The second-order valence-corrected chi connectivity index (χ2v) is 7.54. The normalized spacial score (nSPS) is 12.2. The molecule has 1 rings (SSSR count). The van der Waals surface area contributed by atoms with Gasteiger partial charge in [0.25, 0.3) is 5.91 Å². The summed E-state index contributed by atoms with van der Waals surface area (Å²) in [5.41, 5.74) is -0.187. The van der Waals surface area contributed by atoms with Crippen molar-refractivity contribution in [2.45, 2.75) is 45.1 Å². The van der Waals surface area contributed by atoms with Crippen molar-refractivity contribution in [3.63, 3.8) is 0 Å². The lowest BCUT2D eigenvalue weighted by Crippen LogP contribution is -2.40. The number of amides is 1. The van der Waals surface area contributed by atoms with Gasteiger partial charge in [-0.15, -0.1) is 0 Å². The second-order valence-electron chi connectivity index (χ2n) is 5.86. The van der Waals surface area contributed by atoms with Crippen LogP contribution in [0.2, 0.25) is 0 Å². The number of nitrogens with one attached hydrogen (secondary N) is 1. The van der Waals surface area contributed by atoms with E-state index in [4.69, 9.17) is 0 Å². The monoisotopic (exact) mass is 312 g/mol. The maximum absolute atomic E-state index is 12.3. The van der Waals surface area contributed by atoms with E-state index < -0.39 is 15.6 Å². The Morgan fingerprint density at radius 3 is 2.24 bits per heavy atom. The van der Waals surface area contributed by atoms with Crippen molar-refractivity contribution in [2.24, 2.45) is 0 Å². The predicted octanol–water partition coefficient (Wildman–Crippen LogP) is 2.25. The number of rotatable bonds is 5. The molecule has 0 heterocycles. The summed E-state index contributed by atoms with van der Waals surface area (Å²) < 4.78 is 27.2. The van der Waals surface area contributed by atoms with Gasteiger partial charge >= 0.3 is 0 Å². The maximum Gasteiger partial charge on any atom is 0.253 e. The minimum Gasteiger partial charge on any atom is -0.339 e. The third kappa shape index (κ3) is 4.82.